The molecule has 2 aromatic heterocycles. The Morgan fingerprint density at radius 3 is 2.46 bits per heavy atom. The standard InChI is InChI=1S/C19H26N6O/c1-4-23(5-2)19-21-15(3)14-16(22-19)18(26)25-12-10-24(11-13-25)17-8-6-7-9-20-17/h6-9,14H,4-5,10-13H2,1-3H3. The molecule has 1 aliphatic heterocycles. The van der Waals surface area contributed by atoms with Gasteiger partial charge in [0.15, 0.2) is 0 Å². The molecule has 0 spiro atoms. The second kappa shape index (κ2) is 8.12. The monoisotopic (exact) mass is 354 g/mol. The third-order valence-corrected chi connectivity index (χ3v) is 4.65. The third kappa shape index (κ3) is 3.92. The average molecular weight is 354 g/mol. The van der Waals surface area contributed by atoms with E-state index < -0.39 is 0 Å². The summed E-state index contributed by atoms with van der Waals surface area (Å²) in [5.74, 6) is 1.57. The summed E-state index contributed by atoms with van der Waals surface area (Å²) in [6, 6.07) is 7.68. The highest BCUT2D eigenvalue weighted by Gasteiger charge is 2.24. The van der Waals surface area contributed by atoms with Gasteiger partial charge in [0.1, 0.15) is 11.5 Å². The largest absolute Gasteiger partial charge is 0.353 e. The van der Waals surface area contributed by atoms with Gasteiger partial charge in [-0.1, -0.05) is 6.07 Å². The van der Waals surface area contributed by atoms with E-state index in [9.17, 15) is 4.79 Å². The zero-order valence-electron chi connectivity index (χ0n) is 15.7. The highest BCUT2D eigenvalue weighted by atomic mass is 16.2. The van der Waals surface area contributed by atoms with Crippen LogP contribution in [0.3, 0.4) is 0 Å². The van der Waals surface area contributed by atoms with E-state index in [4.69, 9.17) is 0 Å². The molecule has 7 heteroatoms. The Kier molecular flexibility index (Phi) is 5.65. The van der Waals surface area contributed by atoms with Crippen LogP contribution in [0.25, 0.3) is 0 Å². The number of aryl methyl sites for hydroxylation is 1. The Balaban J connectivity index is 1.70. The van der Waals surface area contributed by atoms with E-state index in [1.165, 1.54) is 0 Å². The number of aromatic nitrogens is 3. The first-order chi connectivity index (χ1) is 12.6. The summed E-state index contributed by atoms with van der Waals surface area (Å²) in [6.45, 7) is 10.5. The Morgan fingerprint density at radius 1 is 1.12 bits per heavy atom. The first-order valence-corrected chi connectivity index (χ1v) is 9.18. The second-order valence-corrected chi connectivity index (χ2v) is 6.33. The Morgan fingerprint density at radius 2 is 1.85 bits per heavy atom. The van der Waals surface area contributed by atoms with E-state index in [0.29, 0.717) is 24.7 Å². The van der Waals surface area contributed by atoms with Crippen LogP contribution in [0, 0.1) is 6.92 Å². The molecule has 0 N–H and O–H groups in total. The van der Waals surface area contributed by atoms with Crippen LogP contribution in [-0.4, -0.2) is 65.0 Å². The molecule has 138 valence electrons. The van der Waals surface area contributed by atoms with Gasteiger partial charge in [-0.15, -0.1) is 0 Å². The predicted octanol–water partition coefficient (Wildman–Crippen LogP) is 1.99. The fourth-order valence-electron chi connectivity index (χ4n) is 3.15. The molecule has 26 heavy (non-hydrogen) atoms. The van der Waals surface area contributed by atoms with E-state index in [2.05, 4.69) is 38.6 Å². The van der Waals surface area contributed by atoms with Gasteiger partial charge in [0.2, 0.25) is 5.95 Å². The van der Waals surface area contributed by atoms with Gasteiger partial charge >= 0.3 is 0 Å². The molecule has 1 amide bonds. The highest BCUT2D eigenvalue weighted by molar-refractivity contribution is 5.92. The Bertz CT molecular complexity index is 739. The molecule has 2 aromatic rings. The van der Waals surface area contributed by atoms with Crippen molar-refractivity contribution in [1.29, 1.82) is 0 Å². The molecule has 0 saturated carbocycles. The van der Waals surface area contributed by atoms with Gasteiger partial charge in [-0.2, -0.15) is 0 Å². The number of hydrogen-bond donors (Lipinski definition) is 0. The van der Waals surface area contributed by atoms with E-state index in [1.54, 1.807) is 12.3 Å². The summed E-state index contributed by atoms with van der Waals surface area (Å²) in [7, 11) is 0. The second-order valence-electron chi connectivity index (χ2n) is 6.33. The Labute approximate surface area is 154 Å². The molecular formula is C19H26N6O. The fraction of sp³-hybridized carbons (Fsp3) is 0.474. The van der Waals surface area contributed by atoms with Gasteiger partial charge in [-0.3, -0.25) is 4.79 Å². The molecule has 1 fully saturated rings. The van der Waals surface area contributed by atoms with Gasteiger partial charge in [0.05, 0.1) is 0 Å². The lowest BCUT2D eigenvalue weighted by Gasteiger charge is -2.35. The quantitative estimate of drug-likeness (QED) is 0.818. The van der Waals surface area contributed by atoms with Gasteiger partial charge < -0.3 is 14.7 Å². The lowest BCUT2D eigenvalue weighted by atomic mass is 10.2. The average Bonchev–Trinajstić information content (AvgIpc) is 2.69. The highest BCUT2D eigenvalue weighted by Crippen LogP contribution is 2.16. The maximum atomic E-state index is 12.9. The maximum absolute atomic E-state index is 12.9. The van der Waals surface area contributed by atoms with Crippen LogP contribution in [0.1, 0.15) is 30.0 Å². The van der Waals surface area contributed by atoms with E-state index >= 15 is 0 Å². The minimum atomic E-state index is -0.0235. The molecule has 0 atom stereocenters. The van der Waals surface area contributed by atoms with Crippen molar-refractivity contribution in [2.75, 3.05) is 49.1 Å². The number of amides is 1. The summed E-state index contributed by atoms with van der Waals surface area (Å²) in [6.07, 6.45) is 1.80. The first kappa shape index (κ1) is 18.1. The molecule has 1 saturated heterocycles. The number of carbonyl (C=O) groups is 1. The van der Waals surface area contributed by atoms with Crippen molar-refractivity contribution in [3.8, 4) is 0 Å². The number of rotatable bonds is 5. The summed E-state index contributed by atoms with van der Waals surface area (Å²) < 4.78 is 0. The summed E-state index contributed by atoms with van der Waals surface area (Å²) in [4.78, 5) is 32.5. The Hall–Kier alpha value is -2.70. The molecule has 1 aliphatic rings. The SMILES string of the molecule is CCN(CC)c1nc(C)cc(C(=O)N2CCN(c3ccccn3)CC2)n1. The van der Waals surface area contributed by atoms with Crippen molar-refractivity contribution in [3.63, 3.8) is 0 Å². The van der Waals surface area contributed by atoms with Crippen LogP contribution >= 0.6 is 0 Å². The van der Waals surface area contributed by atoms with E-state index in [0.717, 1.165) is 37.7 Å². The van der Waals surface area contributed by atoms with Crippen LogP contribution in [0.4, 0.5) is 11.8 Å². The molecule has 0 aliphatic carbocycles. The number of hydrogen-bond acceptors (Lipinski definition) is 6. The molecular weight excluding hydrogens is 328 g/mol. The number of piperazine rings is 1. The number of nitrogens with zero attached hydrogens (tertiary/aromatic N) is 6. The van der Waals surface area contributed by atoms with Crippen LogP contribution in [0.15, 0.2) is 30.5 Å². The van der Waals surface area contributed by atoms with Crippen LogP contribution in [0.5, 0.6) is 0 Å². The molecule has 0 aromatic carbocycles. The van der Waals surface area contributed by atoms with Gasteiger partial charge in [-0.05, 0) is 39.0 Å². The van der Waals surface area contributed by atoms with Crippen molar-refractivity contribution in [2.24, 2.45) is 0 Å². The van der Waals surface area contributed by atoms with Crippen molar-refractivity contribution >= 4 is 17.7 Å². The number of anilines is 2. The van der Waals surface area contributed by atoms with Crippen LogP contribution < -0.4 is 9.80 Å². The molecule has 3 heterocycles. The van der Waals surface area contributed by atoms with Crippen molar-refractivity contribution in [1.82, 2.24) is 19.9 Å². The third-order valence-electron chi connectivity index (χ3n) is 4.65. The maximum Gasteiger partial charge on any atom is 0.272 e. The predicted molar refractivity (Wildman–Crippen MR) is 103 cm³/mol. The molecule has 3 rings (SSSR count). The van der Waals surface area contributed by atoms with Crippen molar-refractivity contribution in [3.05, 3.63) is 41.9 Å². The van der Waals surface area contributed by atoms with Crippen LogP contribution in [-0.2, 0) is 0 Å². The smallest absolute Gasteiger partial charge is 0.272 e. The van der Waals surface area contributed by atoms with Gasteiger partial charge in [0.25, 0.3) is 5.91 Å². The van der Waals surface area contributed by atoms with Crippen LogP contribution in [0.2, 0.25) is 0 Å². The lowest BCUT2D eigenvalue weighted by molar-refractivity contribution is 0.0740. The molecule has 7 nitrogen and oxygen atoms in total. The molecule has 0 radical (unpaired) electrons. The lowest BCUT2D eigenvalue weighted by Crippen LogP contribution is -2.49. The zero-order chi connectivity index (χ0) is 18.5. The summed E-state index contributed by atoms with van der Waals surface area (Å²) >= 11 is 0. The van der Waals surface area contributed by atoms with Crippen molar-refractivity contribution < 1.29 is 4.79 Å². The summed E-state index contributed by atoms with van der Waals surface area (Å²) in [5.41, 5.74) is 1.29. The van der Waals surface area contributed by atoms with Gasteiger partial charge in [0, 0.05) is 51.2 Å². The number of pyridine rings is 1. The minimum Gasteiger partial charge on any atom is -0.353 e. The normalized spacial score (nSPS) is 14.4. The van der Waals surface area contributed by atoms with Gasteiger partial charge in [-0.25, -0.2) is 15.0 Å². The zero-order valence-corrected chi connectivity index (χ0v) is 15.7. The first-order valence-electron chi connectivity index (χ1n) is 9.18. The molecule has 0 bridgehead atoms. The molecule has 0 unspecified atom stereocenters. The fourth-order valence-corrected chi connectivity index (χ4v) is 3.15. The summed E-state index contributed by atoms with van der Waals surface area (Å²) in [5, 5.41) is 0. The van der Waals surface area contributed by atoms with E-state index in [-0.39, 0.29) is 5.91 Å². The minimum absolute atomic E-state index is 0.0235. The number of carbonyl (C=O) groups excluding carboxylic acids is 1. The topological polar surface area (TPSA) is 65.5 Å². The van der Waals surface area contributed by atoms with E-state index in [1.807, 2.05) is 30.0 Å². The van der Waals surface area contributed by atoms with Crippen molar-refractivity contribution in [2.45, 2.75) is 20.8 Å².